The second-order valence-corrected chi connectivity index (χ2v) is 5.63. The largest absolute Gasteiger partial charge is 0.489 e. The predicted octanol–water partition coefficient (Wildman–Crippen LogP) is 4.73. The second-order valence-electron chi connectivity index (χ2n) is 4.27. The van der Waals surface area contributed by atoms with Crippen molar-refractivity contribution in [1.82, 2.24) is 0 Å². The zero-order valence-corrected chi connectivity index (χ0v) is 12.8. The molecule has 0 aromatic heterocycles. The third-order valence-corrected chi connectivity index (χ3v) is 3.49. The summed E-state index contributed by atoms with van der Waals surface area (Å²) in [5.41, 5.74) is 1.76. The van der Waals surface area contributed by atoms with E-state index in [-0.39, 0.29) is 0 Å². The van der Waals surface area contributed by atoms with E-state index >= 15 is 0 Å². The van der Waals surface area contributed by atoms with Gasteiger partial charge in [-0.3, -0.25) is 0 Å². The van der Waals surface area contributed by atoms with E-state index in [0.717, 1.165) is 10.0 Å². The van der Waals surface area contributed by atoms with Crippen molar-refractivity contribution >= 4 is 27.5 Å². The number of aliphatic hydroxyl groups is 1. The summed E-state index contributed by atoms with van der Waals surface area (Å²) in [6.07, 6.45) is -0.612. The van der Waals surface area contributed by atoms with Crippen molar-refractivity contribution in [2.45, 2.75) is 19.6 Å². The summed E-state index contributed by atoms with van der Waals surface area (Å²) in [7, 11) is 0. The van der Waals surface area contributed by atoms with Gasteiger partial charge in [-0.2, -0.15) is 0 Å². The van der Waals surface area contributed by atoms with Crippen LogP contribution < -0.4 is 4.74 Å². The summed E-state index contributed by atoms with van der Waals surface area (Å²) in [6, 6.07) is 13.2. The van der Waals surface area contributed by atoms with Gasteiger partial charge >= 0.3 is 0 Å². The zero-order chi connectivity index (χ0) is 13.8. The van der Waals surface area contributed by atoms with Gasteiger partial charge in [0.25, 0.3) is 0 Å². The number of benzene rings is 2. The summed E-state index contributed by atoms with van der Waals surface area (Å²) < 4.78 is 6.78. The Morgan fingerprint density at radius 1 is 1.21 bits per heavy atom. The molecule has 0 heterocycles. The molecule has 0 fully saturated rings. The average molecular weight is 342 g/mol. The Labute approximate surface area is 126 Å². The third kappa shape index (κ3) is 3.96. The number of ether oxygens (including phenoxy) is 1. The van der Waals surface area contributed by atoms with Crippen molar-refractivity contribution in [3.8, 4) is 5.75 Å². The lowest BCUT2D eigenvalue weighted by Crippen LogP contribution is -2.01. The summed E-state index contributed by atoms with van der Waals surface area (Å²) in [5.74, 6) is 0.655. The Bertz CT molecular complexity index is 553. The molecule has 0 unspecified atom stereocenters. The van der Waals surface area contributed by atoms with Crippen molar-refractivity contribution in [3.63, 3.8) is 0 Å². The number of hydrogen-bond donors (Lipinski definition) is 1. The minimum Gasteiger partial charge on any atom is -0.489 e. The molecule has 100 valence electrons. The van der Waals surface area contributed by atoms with Gasteiger partial charge in [-0.1, -0.05) is 39.7 Å². The van der Waals surface area contributed by atoms with Gasteiger partial charge in [0.05, 0.1) is 6.10 Å². The zero-order valence-electron chi connectivity index (χ0n) is 10.4. The van der Waals surface area contributed by atoms with Crippen LogP contribution in [0.25, 0.3) is 0 Å². The van der Waals surface area contributed by atoms with Crippen LogP contribution in [0, 0.1) is 0 Å². The Kier molecular flexibility index (Phi) is 4.86. The first kappa shape index (κ1) is 14.4. The normalized spacial score (nSPS) is 12.2. The van der Waals surface area contributed by atoms with Gasteiger partial charge in [0.2, 0.25) is 0 Å². The van der Waals surface area contributed by atoms with Crippen LogP contribution in [0.2, 0.25) is 5.02 Å². The first-order chi connectivity index (χ1) is 9.06. The Morgan fingerprint density at radius 3 is 2.53 bits per heavy atom. The number of aliphatic hydroxyl groups excluding tert-OH is 1. The predicted molar refractivity (Wildman–Crippen MR) is 80.6 cm³/mol. The maximum atomic E-state index is 9.72. The summed E-state index contributed by atoms with van der Waals surface area (Å²) >= 11 is 9.32. The van der Waals surface area contributed by atoms with Crippen LogP contribution in [0.3, 0.4) is 0 Å². The minimum atomic E-state index is -0.612. The fourth-order valence-electron chi connectivity index (χ4n) is 1.72. The minimum absolute atomic E-state index is 0.453. The Hall–Kier alpha value is -1.03. The molecule has 0 saturated carbocycles. The highest BCUT2D eigenvalue weighted by Gasteiger charge is 2.10. The first-order valence-electron chi connectivity index (χ1n) is 5.91. The first-order valence-corrected chi connectivity index (χ1v) is 7.08. The van der Waals surface area contributed by atoms with E-state index in [1.54, 1.807) is 25.1 Å². The van der Waals surface area contributed by atoms with E-state index in [0.29, 0.717) is 22.9 Å². The number of hydrogen-bond acceptors (Lipinski definition) is 2. The van der Waals surface area contributed by atoms with Crippen LogP contribution in [-0.4, -0.2) is 5.11 Å². The summed E-state index contributed by atoms with van der Waals surface area (Å²) in [4.78, 5) is 0. The van der Waals surface area contributed by atoms with Gasteiger partial charge in [0.15, 0.2) is 0 Å². The lowest BCUT2D eigenvalue weighted by molar-refractivity contribution is 0.190. The third-order valence-electron chi connectivity index (χ3n) is 2.73. The van der Waals surface area contributed by atoms with Crippen LogP contribution in [0.5, 0.6) is 5.75 Å². The molecule has 1 atom stereocenters. The van der Waals surface area contributed by atoms with Crippen LogP contribution in [0.4, 0.5) is 0 Å². The highest BCUT2D eigenvalue weighted by molar-refractivity contribution is 9.10. The Morgan fingerprint density at radius 2 is 1.89 bits per heavy atom. The fourth-order valence-corrected chi connectivity index (χ4v) is 2.16. The average Bonchev–Trinajstić information content (AvgIpc) is 2.39. The van der Waals surface area contributed by atoms with Crippen LogP contribution >= 0.6 is 27.5 Å². The standard InChI is InChI=1S/C15H14BrClO2/c1-10(18)14-8-13(17)6-7-15(14)19-9-11-2-4-12(16)5-3-11/h2-8,10,18H,9H2,1H3/t10-/m1/s1. The monoisotopic (exact) mass is 340 g/mol. The molecule has 2 nitrogen and oxygen atoms in total. The van der Waals surface area contributed by atoms with Crippen molar-refractivity contribution in [3.05, 3.63) is 63.1 Å². The lowest BCUT2D eigenvalue weighted by Gasteiger charge is -2.14. The molecular formula is C15H14BrClO2. The van der Waals surface area contributed by atoms with Crippen molar-refractivity contribution in [2.75, 3.05) is 0 Å². The van der Waals surface area contributed by atoms with Gasteiger partial charge in [-0.25, -0.2) is 0 Å². The van der Waals surface area contributed by atoms with Gasteiger partial charge in [-0.05, 0) is 42.8 Å². The maximum absolute atomic E-state index is 9.72. The fraction of sp³-hybridized carbons (Fsp3) is 0.200. The van der Waals surface area contributed by atoms with E-state index in [1.165, 1.54) is 0 Å². The molecule has 0 amide bonds. The van der Waals surface area contributed by atoms with E-state index in [2.05, 4.69) is 15.9 Å². The van der Waals surface area contributed by atoms with Gasteiger partial charge < -0.3 is 9.84 Å². The molecule has 19 heavy (non-hydrogen) atoms. The van der Waals surface area contributed by atoms with Crippen molar-refractivity contribution in [2.24, 2.45) is 0 Å². The van der Waals surface area contributed by atoms with E-state index in [1.807, 2.05) is 24.3 Å². The SMILES string of the molecule is C[C@@H](O)c1cc(Cl)ccc1OCc1ccc(Br)cc1. The topological polar surface area (TPSA) is 29.5 Å². The van der Waals surface area contributed by atoms with E-state index in [9.17, 15) is 5.11 Å². The van der Waals surface area contributed by atoms with Crippen molar-refractivity contribution < 1.29 is 9.84 Å². The maximum Gasteiger partial charge on any atom is 0.125 e. The molecule has 4 heteroatoms. The highest BCUT2D eigenvalue weighted by Crippen LogP contribution is 2.29. The van der Waals surface area contributed by atoms with E-state index < -0.39 is 6.10 Å². The van der Waals surface area contributed by atoms with Crippen LogP contribution in [0.1, 0.15) is 24.2 Å². The molecular weight excluding hydrogens is 328 g/mol. The molecule has 2 rings (SSSR count). The molecule has 0 spiro atoms. The summed E-state index contributed by atoms with van der Waals surface area (Å²) in [5, 5.41) is 10.3. The second kappa shape index (κ2) is 6.42. The van der Waals surface area contributed by atoms with Gasteiger partial charge in [0, 0.05) is 15.1 Å². The molecule has 2 aromatic rings. The molecule has 0 aliphatic heterocycles. The van der Waals surface area contributed by atoms with Crippen LogP contribution in [-0.2, 0) is 6.61 Å². The van der Waals surface area contributed by atoms with Gasteiger partial charge in [0.1, 0.15) is 12.4 Å². The Balaban J connectivity index is 2.13. The van der Waals surface area contributed by atoms with Gasteiger partial charge in [-0.15, -0.1) is 0 Å². The van der Waals surface area contributed by atoms with E-state index in [4.69, 9.17) is 16.3 Å². The number of halogens is 2. The molecule has 1 N–H and O–H groups in total. The molecule has 2 aromatic carbocycles. The molecule has 0 radical (unpaired) electrons. The van der Waals surface area contributed by atoms with Crippen molar-refractivity contribution in [1.29, 1.82) is 0 Å². The summed E-state index contributed by atoms with van der Waals surface area (Å²) in [6.45, 7) is 2.15. The molecule has 0 saturated heterocycles. The molecule has 0 aliphatic carbocycles. The molecule has 0 aliphatic rings. The lowest BCUT2D eigenvalue weighted by atomic mass is 10.1. The molecule has 0 bridgehead atoms. The van der Waals surface area contributed by atoms with Crippen LogP contribution in [0.15, 0.2) is 46.9 Å². The smallest absolute Gasteiger partial charge is 0.125 e. The highest BCUT2D eigenvalue weighted by atomic mass is 79.9. The number of rotatable bonds is 4. The quantitative estimate of drug-likeness (QED) is 0.870.